The van der Waals surface area contributed by atoms with Gasteiger partial charge in [0.05, 0.1) is 4.58 Å². The van der Waals surface area contributed by atoms with Gasteiger partial charge in [-0.15, -0.1) is 35.9 Å². The van der Waals surface area contributed by atoms with Crippen LogP contribution in [0.1, 0.15) is 23.5 Å². The van der Waals surface area contributed by atoms with Crippen LogP contribution in [-0.4, -0.2) is 36.6 Å². The third kappa shape index (κ3) is 6.28. The van der Waals surface area contributed by atoms with Gasteiger partial charge in [0.25, 0.3) is 5.91 Å². The highest BCUT2D eigenvalue weighted by molar-refractivity contribution is 8.16. The fraction of sp³-hybridized carbons (Fsp3) is 0.533. The van der Waals surface area contributed by atoms with Crippen LogP contribution >= 0.6 is 35.9 Å². The zero-order chi connectivity index (χ0) is 15.1. The average Bonchev–Trinajstić information content (AvgIpc) is 2.54. The van der Waals surface area contributed by atoms with Crippen LogP contribution < -0.4 is 15.8 Å². The van der Waals surface area contributed by atoms with Crippen LogP contribution in [-0.2, 0) is 4.79 Å². The predicted molar refractivity (Wildman–Crippen MR) is 98.1 cm³/mol. The Kier molecular flexibility index (Phi) is 9.09. The summed E-state index contributed by atoms with van der Waals surface area (Å²) in [6.45, 7) is 2.32. The Balaban J connectivity index is 0.00000242. The van der Waals surface area contributed by atoms with E-state index < -0.39 is 0 Å². The molecule has 124 valence electrons. The maximum Gasteiger partial charge on any atom is 0.258 e. The molecule has 1 atom stereocenters. The lowest BCUT2D eigenvalue weighted by atomic mass is 10.2. The highest BCUT2D eigenvalue weighted by Crippen LogP contribution is 2.43. The van der Waals surface area contributed by atoms with Gasteiger partial charge in [-0.25, -0.2) is 0 Å². The molecule has 1 aromatic carbocycles. The van der Waals surface area contributed by atoms with Gasteiger partial charge >= 0.3 is 0 Å². The number of nitrogens with two attached hydrogens (primary N) is 1. The standard InChI is InChI=1S/C15H22N2O2S2.ClH/c1-11(9-16)17-14(18)10-19-13-5-3-12(4-6-13)15-20-7-2-8-21-15;/h3-6,11,15H,2,7-10,16H2,1H3,(H,17,18);1H/t11-;/m0./s1. The van der Waals surface area contributed by atoms with Gasteiger partial charge in [-0.1, -0.05) is 12.1 Å². The van der Waals surface area contributed by atoms with Crippen LogP contribution in [0.5, 0.6) is 5.75 Å². The smallest absolute Gasteiger partial charge is 0.258 e. The Bertz CT molecular complexity index is 453. The summed E-state index contributed by atoms with van der Waals surface area (Å²) in [4.78, 5) is 11.6. The first-order chi connectivity index (χ1) is 10.2. The second kappa shape index (κ2) is 10.3. The maximum atomic E-state index is 11.6. The van der Waals surface area contributed by atoms with Crippen molar-refractivity contribution in [1.29, 1.82) is 0 Å². The molecule has 0 aliphatic carbocycles. The lowest BCUT2D eigenvalue weighted by Crippen LogP contribution is -2.40. The Morgan fingerprint density at radius 1 is 1.36 bits per heavy atom. The number of nitrogens with one attached hydrogen (secondary N) is 1. The molecule has 3 N–H and O–H groups in total. The van der Waals surface area contributed by atoms with E-state index in [1.807, 2.05) is 42.6 Å². The van der Waals surface area contributed by atoms with Gasteiger partial charge in [0, 0.05) is 12.6 Å². The number of hydrogen-bond acceptors (Lipinski definition) is 5. The van der Waals surface area contributed by atoms with Crippen molar-refractivity contribution in [2.24, 2.45) is 5.73 Å². The van der Waals surface area contributed by atoms with Gasteiger partial charge in [-0.3, -0.25) is 4.79 Å². The molecule has 0 saturated carbocycles. The van der Waals surface area contributed by atoms with Crippen LogP contribution in [0.2, 0.25) is 0 Å². The van der Waals surface area contributed by atoms with E-state index in [9.17, 15) is 4.79 Å². The molecule has 0 unspecified atom stereocenters. The van der Waals surface area contributed by atoms with E-state index >= 15 is 0 Å². The molecule has 1 aliphatic rings. The predicted octanol–water partition coefficient (Wildman–Crippen LogP) is 2.82. The van der Waals surface area contributed by atoms with Gasteiger partial charge in [-0.2, -0.15) is 0 Å². The molecule has 7 heteroatoms. The van der Waals surface area contributed by atoms with Crippen LogP contribution in [0.15, 0.2) is 24.3 Å². The molecular weight excluding hydrogens is 340 g/mol. The highest BCUT2D eigenvalue weighted by Gasteiger charge is 2.16. The van der Waals surface area contributed by atoms with E-state index in [1.54, 1.807) is 0 Å². The van der Waals surface area contributed by atoms with Crippen LogP contribution in [0, 0.1) is 0 Å². The second-order valence-electron chi connectivity index (χ2n) is 4.99. The van der Waals surface area contributed by atoms with Crippen LogP contribution in [0.4, 0.5) is 0 Å². The van der Waals surface area contributed by atoms with Gasteiger partial charge < -0.3 is 15.8 Å². The van der Waals surface area contributed by atoms with E-state index in [0.29, 0.717) is 11.1 Å². The summed E-state index contributed by atoms with van der Waals surface area (Å²) in [5, 5.41) is 2.77. The molecule has 2 rings (SSSR count). The van der Waals surface area contributed by atoms with Crippen LogP contribution in [0.25, 0.3) is 0 Å². The molecule has 0 spiro atoms. The molecule has 1 heterocycles. The van der Waals surface area contributed by atoms with Crippen molar-refractivity contribution >= 4 is 41.8 Å². The summed E-state index contributed by atoms with van der Waals surface area (Å²) in [5.74, 6) is 3.04. The Morgan fingerprint density at radius 2 is 2.00 bits per heavy atom. The van der Waals surface area contributed by atoms with Crippen molar-refractivity contribution in [2.75, 3.05) is 24.7 Å². The van der Waals surface area contributed by atoms with Gasteiger partial charge in [-0.05, 0) is 42.5 Å². The number of carbonyl (C=O) groups excluding carboxylic acids is 1. The first-order valence-electron chi connectivity index (χ1n) is 7.14. The van der Waals surface area contributed by atoms with E-state index in [4.69, 9.17) is 10.5 Å². The fourth-order valence-corrected chi connectivity index (χ4v) is 4.82. The third-order valence-electron chi connectivity index (χ3n) is 3.11. The van der Waals surface area contributed by atoms with E-state index in [0.717, 1.165) is 5.75 Å². The van der Waals surface area contributed by atoms with Gasteiger partial charge in [0.2, 0.25) is 0 Å². The molecule has 1 aromatic rings. The summed E-state index contributed by atoms with van der Waals surface area (Å²) >= 11 is 3.99. The van der Waals surface area contributed by atoms with Crippen molar-refractivity contribution in [3.05, 3.63) is 29.8 Å². The average molecular weight is 363 g/mol. The highest BCUT2D eigenvalue weighted by atomic mass is 35.5. The topological polar surface area (TPSA) is 64.3 Å². The minimum Gasteiger partial charge on any atom is -0.484 e. The minimum atomic E-state index is -0.143. The first kappa shape index (κ1) is 19.5. The van der Waals surface area contributed by atoms with E-state index in [1.165, 1.54) is 23.5 Å². The lowest BCUT2D eigenvalue weighted by Gasteiger charge is -2.21. The number of ether oxygens (including phenoxy) is 1. The molecule has 1 fully saturated rings. The molecule has 1 saturated heterocycles. The number of amides is 1. The number of hydrogen-bond donors (Lipinski definition) is 2. The van der Waals surface area contributed by atoms with Gasteiger partial charge in [0.1, 0.15) is 5.75 Å². The quantitative estimate of drug-likeness (QED) is 0.814. The van der Waals surface area contributed by atoms with Crippen molar-refractivity contribution < 1.29 is 9.53 Å². The Morgan fingerprint density at radius 3 is 2.59 bits per heavy atom. The number of halogens is 1. The number of carbonyl (C=O) groups is 1. The van der Waals surface area contributed by atoms with Crippen molar-refractivity contribution in [2.45, 2.75) is 24.0 Å². The molecule has 22 heavy (non-hydrogen) atoms. The number of thioether (sulfide) groups is 2. The molecule has 0 aromatic heterocycles. The normalized spacial score (nSPS) is 16.5. The SMILES string of the molecule is C[C@@H](CN)NC(=O)COc1ccc(C2SCCCS2)cc1.Cl. The maximum absolute atomic E-state index is 11.6. The molecule has 1 amide bonds. The molecule has 0 bridgehead atoms. The van der Waals surface area contributed by atoms with Crippen molar-refractivity contribution in [3.8, 4) is 5.75 Å². The van der Waals surface area contributed by atoms with Gasteiger partial charge in [0.15, 0.2) is 6.61 Å². The largest absolute Gasteiger partial charge is 0.484 e. The monoisotopic (exact) mass is 362 g/mol. The number of benzene rings is 1. The van der Waals surface area contributed by atoms with E-state index in [-0.39, 0.29) is 31.0 Å². The van der Waals surface area contributed by atoms with Crippen molar-refractivity contribution in [1.82, 2.24) is 5.32 Å². The Labute approximate surface area is 146 Å². The molecule has 4 nitrogen and oxygen atoms in total. The van der Waals surface area contributed by atoms with E-state index in [2.05, 4.69) is 17.4 Å². The molecule has 0 radical (unpaired) electrons. The summed E-state index contributed by atoms with van der Waals surface area (Å²) in [7, 11) is 0. The number of rotatable bonds is 6. The summed E-state index contributed by atoms with van der Waals surface area (Å²) < 4.78 is 6.02. The zero-order valence-corrected chi connectivity index (χ0v) is 15.1. The second-order valence-corrected chi connectivity index (χ2v) is 7.71. The summed E-state index contributed by atoms with van der Waals surface area (Å²) in [5.41, 5.74) is 6.77. The summed E-state index contributed by atoms with van der Waals surface area (Å²) in [6, 6.07) is 8.02. The lowest BCUT2D eigenvalue weighted by molar-refractivity contribution is -0.123. The fourth-order valence-electron chi connectivity index (χ4n) is 1.93. The van der Waals surface area contributed by atoms with Crippen molar-refractivity contribution in [3.63, 3.8) is 0 Å². The zero-order valence-electron chi connectivity index (χ0n) is 12.6. The Hall–Kier alpha value is -0.560. The molecule has 1 aliphatic heterocycles. The summed E-state index contributed by atoms with van der Waals surface area (Å²) in [6.07, 6.45) is 1.30. The third-order valence-corrected chi connectivity index (χ3v) is 6.13. The minimum absolute atomic E-state index is 0. The molecular formula is C15H23ClN2O2S2. The van der Waals surface area contributed by atoms with Crippen LogP contribution in [0.3, 0.4) is 0 Å². The first-order valence-corrected chi connectivity index (χ1v) is 9.24.